The van der Waals surface area contributed by atoms with Gasteiger partial charge in [0.05, 0.1) is 14.2 Å². The lowest BCUT2D eigenvalue weighted by Crippen LogP contribution is -2.27. The molecule has 0 atom stereocenters. The van der Waals surface area contributed by atoms with E-state index in [1.807, 2.05) is 30.3 Å². The van der Waals surface area contributed by atoms with Gasteiger partial charge in [0.2, 0.25) is 5.75 Å². The van der Waals surface area contributed by atoms with Gasteiger partial charge in [-0.15, -0.1) is 0 Å². The van der Waals surface area contributed by atoms with Crippen molar-refractivity contribution in [2.24, 2.45) is 0 Å². The summed E-state index contributed by atoms with van der Waals surface area (Å²) in [5.41, 5.74) is 3.01. The number of benzene rings is 2. The van der Waals surface area contributed by atoms with Gasteiger partial charge in [0.1, 0.15) is 12.2 Å². The zero-order valence-electron chi connectivity index (χ0n) is 19.7. The summed E-state index contributed by atoms with van der Waals surface area (Å²) in [7, 11) is 3.16. The van der Waals surface area contributed by atoms with Gasteiger partial charge in [0.15, 0.2) is 17.3 Å². The van der Waals surface area contributed by atoms with Crippen LogP contribution in [0.4, 0.5) is 0 Å². The Morgan fingerprint density at radius 1 is 0.939 bits per heavy atom. The number of esters is 1. The molecule has 2 aromatic rings. The predicted molar refractivity (Wildman–Crippen MR) is 125 cm³/mol. The van der Waals surface area contributed by atoms with Gasteiger partial charge in [0, 0.05) is 24.0 Å². The van der Waals surface area contributed by atoms with E-state index in [4.69, 9.17) is 18.9 Å². The lowest BCUT2D eigenvalue weighted by atomic mass is 9.95. The van der Waals surface area contributed by atoms with Crippen molar-refractivity contribution >= 4 is 11.8 Å². The smallest absolute Gasteiger partial charge is 0.306 e. The molecule has 0 aromatic heterocycles. The molecule has 0 unspecified atom stereocenters. The quantitative estimate of drug-likeness (QED) is 0.330. The normalized spacial score (nSPS) is 15.7. The van der Waals surface area contributed by atoms with Crippen LogP contribution in [0.15, 0.2) is 30.3 Å². The molecule has 0 N–H and O–H groups in total. The molecule has 6 nitrogen and oxygen atoms in total. The zero-order chi connectivity index (χ0) is 23.4. The summed E-state index contributed by atoms with van der Waals surface area (Å²) < 4.78 is 23.3. The average molecular weight is 453 g/mol. The van der Waals surface area contributed by atoms with E-state index in [1.165, 1.54) is 0 Å². The number of ketones is 1. The van der Waals surface area contributed by atoms with Crippen LogP contribution in [0.5, 0.6) is 17.2 Å². The fourth-order valence-electron chi connectivity index (χ4n) is 4.43. The first-order chi connectivity index (χ1) is 16.0. The second-order valence-electron chi connectivity index (χ2n) is 8.84. The van der Waals surface area contributed by atoms with Crippen molar-refractivity contribution < 1.29 is 28.5 Å². The molecule has 176 valence electrons. The maximum absolute atomic E-state index is 12.3. The average Bonchev–Trinajstić information content (AvgIpc) is 3.48. The van der Waals surface area contributed by atoms with Gasteiger partial charge in [-0.05, 0) is 48.9 Å². The first kappa shape index (κ1) is 23.1. The summed E-state index contributed by atoms with van der Waals surface area (Å²) in [4.78, 5) is 24.6. The summed E-state index contributed by atoms with van der Waals surface area (Å²) in [6.07, 6.45) is 6.16. The Kier molecular flexibility index (Phi) is 6.91. The van der Waals surface area contributed by atoms with E-state index in [1.54, 1.807) is 14.2 Å². The number of unbranched alkanes of at least 4 members (excludes halogenated alkanes) is 2. The summed E-state index contributed by atoms with van der Waals surface area (Å²) in [5, 5.41) is 0. The number of hydrogen-bond acceptors (Lipinski definition) is 6. The standard InChI is InChI=1S/C27H32O6/c1-4-5-6-10-24(29)33-27(15-16-27)17-32-25-21(12-14-23(30-2)26(25)31-3)18-8-7-9-20-19(18)11-13-22(20)28/h7-9,12,14H,4-6,10-11,13,15-17H2,1-3H3. The minimum Gasteiger partial charge on any atom is -0.493 e. The van der Waals surface area contributed by atoms with E-state index >= 15 is 0 Å². The SMILES string of the molecule is CCCCCC(=O)OC1(COc2c(-c3cccc4c3CCC4=O)ccc(OC)c2OC)CC1. The largest absolute Gasteiger partial charge is 0.493 e. The Balaban J connectivity index is 1.62. The lowest BCUT2D eigenvalue weighted by molar-refractivity contribution is -0.153. The first-order valence-corrected chi connectivity index (χ1v) is 11.8. The van der Waals surface area contributed by atoms with Crippen LogP contribution in [0.25, 0.3) is 11.1 Å². The number of ether oxygens (including phenoxy) is 4. The van der Waals surface area contributed by atoms with Crippen molar-refractivity contribution in [2.75, 3.05) is 20.8 Å². The maximum Gasteiger partial charge on any atom is 0.306 e. The highest BCUT2D eigenvalue weighted by Gasteiger charge is 2.48. The van der Waals surface area contributed by atoms with Crippen molar-refractivity contribution in [2.45, 2.75) is 63.9 Å². The number of carbonyl (C=O) groups excluding carboxylic acids is 2. The third kappa shape index (κ3) is 4.85. The molecule has 0 heterocycles. The van der Waals surface area contributed by atoms with Crippen molar-refractivity contribution in [3.63, 3.8) is 0 Å². The Morgan fingerprint density at radius 3 is 2.42 bits per heavy atom. The Morgan fingerprint density at radius 2 is 1.73 bits per heavy atom. The van der Waals surface area contributed by atoms with Crippen molar-refractivity contribution in [3.05, 3.63) is 41.5 Å². The van der Waals surface area contributed by atoms with Crippen LogP contribution in [0.3, 0.4) is 0 Å². The molecule has 1 fully saturated rings. The first-order valence-electron chi connectivity index (χ1n) is 11.8. The summed E-state index contributed by atoms with van der Waals surface area (Å²) >= 11 is 0. The third-order valence-electron chi connectivity index (χ3n) is 6.47. The van der Waals surface area contributed by atoms with Gasteiger partial charge >= 0.3 is 5.97 Å². The summed E-state index contributed by atoms with van der Waals surface area (Å²) in [5.74, 6) is 1.59. The second kappa shape index (κ2) is 9.86. The van der Waals surface area contributed by atoms with Crippen LogP contribution < -0.4 is 14.2 Å². The highest BCUT2D eigenvalue weighted by molar-refractivity contribution is 6.02. The van der Waals surface area contributed by atoms with E-state index in [-0.39, 0.29) is 18.4 Å². The topological polar surface area (TPSA) is 71.1 Å². The van der Waals surface area contributed by atoms with Gasteiger partial charge in [-0.3, -0.25) is 9.59 Å². The summed E-state index contributed by atoms with van der Waals surface area (Å²) in [6, 6.07) is 9.57. The molecule has 6 heteroatoms. The molecule has 0 radical (unpaired) electrons. The van der Waals surface area contributed by atoms with Crippen molar-refractivity contribution in [1.82, 2.24) is 0 Å². The molecule has 0 bridgehead atoms. The second-order valence-corrected chi connectivity index (χ2v) is 8.84. The molecule has 33 heavy (non-hydrogen) atoms. The van der Waals surface area contributed by atoms with Crippen LogP contribution in [-0.4, -0.2) is 38.2 Å². The Bertz CT molecular complexity index is 1040. The maximum atomic E-state index is 12.3. The minimum atomic E-state index is -0.580. The van der Waals surface area contributed by atoms with Crippen LogP contribution in [0.1, 0.15) is 67.8 Å². The third-order valence-corrected chi connectivity index (χ3v) is 6.47. The predicted octanol–water partition coefficient (Wildman–Crippen LogP) is 5.53. The molecule has 2 aliphatic rings. The van der Waals surface area contributed by atoms with E-state index < -0.39 is 5.60 Å². The van der Waals surface area contributed by atoms with Gasteiger partial charge < -0.3 is 18.9 Å². The monoisotopic (exact) mass is 452 g/mol. The number of Topliss-reactive ketones (excluding diaryl/α,β-unsaturated/α-hetero) is 1. The molecule has 2 aliphatic carbocycles. The van der Waals surface area contributed by atoms with Crippen LogP contribution in [0.2, 0.25) is 0 Å². The molecular weight excluding hydrogens is 420 g/mol. The Labute approximate surface area is 195 Å². The molecule has 0 spiro atoms. The van der Waals surface area contributed by atoms with Crippen LogP contribution in [0, 0.1) is 0 Å². The molecule has 0 amide bonds. The van der Waals surface area contributed by atoms with Gasteiger partial charge in [-0.2, -0.15) is 0 Å². The zero-order valence-corrected chi connectivity index (χ0v) is 19.7. The Hall–Kier alpha value is -3.02. The fraction of sp³-hybridized carbons (Fsp3) is 0.481. The fourth-order valence-corrected chi connectivity index (χ4v) is 4.43. The van der Waals surface area contributed by atoms with Gasteiger partial charge in [-0.1, -0.05) is 38.0 Å². The molecule has 2 aromatic carbocycles. The van der Waals surface area contributed by atoms with E-state index in [0.717, 1.165) is 54.4 Å². The highest BCUT2D eigenvalue weighted by Crippen LogP contribution is 2.48. The summed E-state index contributed by atoms with van der Waals surface area (Å²) in [6.45, 7) is 2.36. The lowest BCUT2D eigenvalue weighted by Gasteiger charge is -2.22. The molecule has 1 saturated carbocycles. The van der Waals surface area contributed by atoms with E-state index in [0.29, 0.717) is 36.5 Å². The number of methoxy groups -OCH3 is 2. The number of carbonyl (C=O) groups is 2. The minimum absolute atomic E-state index is 0.165. The van der Waals surface area contributed by atoms with Gasteiger partial charge in [0.25, 0.3) is 0 Å². The molecule has 4 rings (SSSR count). The highest BCUT2D eigenvalue weighted by atomic mass is 16.6. The number of hydrogen-bond donors (Lipinski definition) is 0. The number of rotatable bonds is 11. The van der Waals surface area contributed by atoms with E-state index in [9.17, 15) is 9.59 Å². The van der Waals surface area contributed by atoms with E-state index in [2.05, 4.69) is 6.92 Å². The van der Waals surface area contributed by atoms with Crippen LogP contribution in [-0.2, 0) is 16.0 Å². The molecule has 0 aliphatic heterocycles. The molecular formula is C27H32O6. The molecule has 0 saturated heterocycles. The number of fused-ring (bicyclic) bond motifs is 1. The van der Waals surface area contributed by atoms with Crippen LogP contribution >= 0.6 is 0 Å². The van der Waals surface area contributed by atoms with Gasteiger partial charge in [-0.25, -0.2) is 0 Å². The van der Waals surface area contributed by atoms with Crippen molar-refractivity contribution in [1.29, 1.82) is 0 Å². The van der Waals surface area contributed by atoms with Crippen molar-refractivity contribution in [3.8, 4) is 28.4 Å².